The number of rotatable bonds is 6. The first kappa shape index (κ1) is 20.4. The van der Waals surface area contributed by atoms with Crippen LogP contribution in [0.15, 0.2) is 46.9 Å². The number of halogens is 1. The van der Waals surface area contributed by atoms with Gasteiger partial charge in [0.05, 0.1) is 13.2 Å². The van der Waals surface area contributed by atoms with Gasteiger partial charge in [-0.05, 0) is 54.8 Å². The van der Waals surface area contributed by atoms with Crippen molar-refractivity contribution in [2.45, 2.75) is 32.0 Å². The Kier molecular flexibility index (Phi) is 6.70. The smallest absolute Gasteiger partial charge is 0.341 e. The predicted molar refractivity (Wildman–Crippen MR) is 109 cm³/mol. The predicted octanol–water partition coefficient (Wildman–Crippen LogP) is 3.22. The highest BCUT2D eigenvalue weighted by Gasteiger charge is 2.30. The van der Waals surface area contributed by atoms with E-state index in [1.165, 1.54) is 19.2 Å². The summed E-state index contributed by atoms with van der Waals surface area (Å²) in [7, 11) is 1.26. The molecule has 1 heterocycles. The normalized spacial score (nSPS) is 16.7. The number of amides is 1. The number of nitrogens with one attached hydrogen (secondary N) is 1. The third-order valence-electron chi connectivity index (χ3n) is 4.88. The van der Waals surface area contributed by atoms with Gasteiger partial charge in [0.1, 0.15) is 11.3 Å². The van der Waals surface area contributed by atoms with Crippen LogP contribution in [0.1, 0.15) is 34.3 Å². The quantitative estimate of drug-likeness (QED) is 0.665. The molecule has 7 heteroatoms. The summed E-state index contributed by atoms with van der Waals surface area (Å²) in [4.78, 5) is 26.4. The lowest BCUT2D eigenvalue weighted by molar-refractivity contribution is -0.125. The summed E-state index contributed by atoms with van der Waals surface area (Å²) in [6.07, 6.45) is 1.81. The highest BCUT2D eigenvalue weighted by atomic mass is 79.9. The molecule has 0 spiro atoms. The van der Waals surface area contributed by atoms with Gasteiger partial charge in [-0.3, -0.25) is 9.69 Å². The fourth-order valence-corrected chi connectivity index (χ4v) is 3.91. The van der Waals surface area contributed by atoms with Crippen molar-refractivity contribution < 1.29 is 19.4 Å². The molecule has 1 aliphatic rings. The first-order valence-corrected chi connectivity index (χ1v) is 9.93. The Balaban J connectivity index is 1.59. The fourth-order valence-electron chi connectivity index (χ4n) is 3.46. The molecule has 0 unspecified atom stereocenters. The number of phenols is 1. The molecule has 1 amide bonds. The van der Waals surface area contributed by atoms with Gasteiger partial charge >= 0.3 is 5.97 Å². The minimum absolute atomic E-state index is 0.0240. The lowest BCUT2D eigenvalue weighted by atomic mass is 10.1. The average molecular weight is 447 g/mol. The molecule has 3 rings (SSSR count). The van der Waals surface area contributed by atoms with Gasteiger partial charge in [-0.2, -0.15) is 0 Å². The Morgan fingerprint density at radius 3 is 2.79 bits per heavy atom. The molecule has 1 saturated heterocycles. The molecule has 1 atom stereocenters. The largest absolute Gasteiger partial charge is 0.507 e. The Labute approximate surface area is 172 Å². The van der Waals surface area contributed by atoms with E-state index >= 15 is 0 Å². The van der Waals surface area contributed by atoms with Gasteiger partial charge in [-0.25, -0.2) is 4.79 Å². The maximum atomic E-state index is 12.7. The Morgan fingerprint density at radius 2 is 2.07 bits per heavy atom. The summed E-state index contributed by atoms with van der Waals surface area (Å²) in [6.45, 7) is 1.90. The van der Waals surface area contributed by atoms with Gasteiger partial charge in [0.15, 0.2) is 0 Å². The van der Waals surface area contributed by atoms with E-state index in [-0.39, 0.29) is 29.8 Å². The number of benzene rings is 2. The van der Waals surface area contributed by atoms with Gasteiger partial charge in [-0.1, -0.05) is 34.1 Å². The molecule has 2 N–H and O–H groups in total. The second kappa shape index (κ2) is 9.21. The first-order chi connectivity index (χ1) is 13.5. The summed E-state index contributed by atoms with van der Waals surface area (Å²) in [5.41, 5.74) is 1.99. The van der Waals surface area contributed by atoms with Crippen LogP contribution >= 0.6 is 15.9 Å². The van der Waals surface area contributed by atoms with Gasteiger partial charge in [0.25, 0.3) is 0 Å². The third-order valence-corrected chi connectivity index (χ3v) is 5.37. The number of hydrogen-bond acceptors (Lipinski definition) is 5. The minimum Gasteiger partial charge on any atom is -0.507 e. The monoisotopic (exact) mass is 446 g/mol. The molecular weight excluding hydrogens is 424 g/mol. The molecule has 2 aromatic carbocycles. The van der Waals surface area contributed by atoms with E-state index < -0.39 is 5.97 Å². The number of carbonyl (C=O) groups excluding carboxylic acids is 2. The van der Waals surface area contributed by atoms with E-state index in [0.717, 1.165) is 41.5 Å². The van der Waals surface area contributed by atoms with E-state index in [9.17, 15) is 14.7 Å². The molecule has 6 nitrogen and oxygen atoms in total. The maximum absolute atomic E-state index is 12.7. The Bertz CT molecular complexity index is 871. The van der Waals surface area contributed by atoms with Crippen LogP contribution < -0.4 is 5.32 Å². The summed E-state index contributed by atoms with van der Waals surface area (Å²) in [5, 5.41) is 12.9. The number of carbonyl (C=O) groups is 2. The maximum Gasteiger partial charge on any atom is 0.341 e. The second-order valence-electron chi connectivity index (χ2n) is 6.82. The zero-order valence-corrected chi connectivity index (χ0v) is 17.2. The number of aromatic hydroxyl groups is 1. The molecule has 1 aliphatic heterocycles. The van der Waals surface area contributed by atoms with Crippen LogP contribution in [0.3, 0.4) is 0 Å². The number of esters is 1. The second-order valence-corrected chi connectivity index (χ2v) is 7.73. The average Bonchev–Trinajstić information content (AvgIpc) is 3.14. The summed E-state index contributed by atoms with van der Waals surface area (Å²) >= 11 is 3.48. The van der Waals surface area contributed by atoms with Crippen molar-refractivity contribution in [1.82, 2.24) is 10.2 Å². The van der Waals surface area contributed by atoms with Gasteiger partial charge < -0.3 is 15.2 Å². The molecule has 0 radical (unpaired) electrons. The van der Waals surface area contributed by atoms with Gasteiger partial charge in [-0.15, -0.1) is 0 Å². The van der Waals surface area contributed by atoms with Crippen molar-refractivity contribution in [3.63, 3.8) is 0 Å². The van der Waals surface area contributed by atoms with Crippen LogP contribution in [0.25, 0.3) is 0 Å². The number of hydrogen-bond donors (Lipinski definition) is 2. The zero-order valence-electron chi connectivity index (χ0n) is 15.7. The van der Waals surface area contributed by atoms with Crippen LogP contribution in [0.4, 0.5) is 0 Å². The van der Waals surface area contributed by atoms with Crippen molar-refractivity contribution in [2.24, 2.45) is 0 Å². The lowest BCUT2D eigenvalue weighted by Crippen LogP contribution is -2.42. The zero-order chi connectivity index (χ0) is 20.1. The van der Waals surface area contributed by atoms with E-state index in [1.54, 1.807) is 6.07 Å². The molecule has 2 aromatic rings. The lowest BCUT2D eigenvalue weighted by Gasteiger charge is -2.24. The summed E-state index contributed by atoms with van der Waals surface area (Å²) in [6, 6.07) is 12.6. The molecule has 0 aromatic heterocycles. The Morgan fingerprint density at radius 1 is 1.25 bits per heavy atom. The first-order valence-electron chi connectivity index (χ1n) is 9.14. The van der Waals surface area contributed by atoms with Crippen molar-refractivity contribution in [3.8, 4) is 5.75 Å². The number of ether oxygens (including phenoxy) is 1. The SMILES string of the molecule is COC(=O)c1ccc(CNC(=O)[C@H]2CCCN2Cc2cccc(Br)c2)cc1O. The minimum atomic E-state index is -0.595. The highest BCUT2D eigenvalue weighted by Crippen LogP contribution is 2.23. The van der Waals surface area contributed by atoms with Gasteiger partial charge in [0, 0.05) is 17.6 Å². The Hall–Kier alpha value is -2.38. The van der Waals surface area contributed by atoms with Crippen LogP contribution in [0.2, 0.25) is 0 Å². The van der Waals surface area contributed by atoms with Crippen LogP contribution in [-0.4, -0.2) is 41.6 Å². The van der Waals surface area contributed by atoms with Crippen molar-refractivity contribution >= 4 is 27.8 Å². The molecular formula is C21H23BrN2O4. The van der Waals surface area contributed by atoms with Crippen LogP contribution in [-0.2, 0) is 22.6 Å². The molecule has 148 valence electrons. The van der Waals surface area contributed by atoms with E-state index in [2.05, 4.69) is 43.0 Å². The van der Waals surface area contributed by atoms with Crippen molar-refractivity contribution in [3.05, 3.63) is 63.6 Å². The standard InChI is InChI=1S/C21H23BrN2O4/c1-28-21(27)17-8-7-14(11-19(17)25)12-23-20(26)18-6-3-9-24(18)13-15-4-2-5-16(22)10-15/h2,4-5,7-8,10-11,18,25H,3,6,9,12-13H2,1H3,(H,23,26)/t18-/m1/s1. The number of likely N-dealkylation sites (tertiary alicyclic amines) is 1. The summed E-state index contributed by atoms with van der Waals surface area (Å²) in [5.74, 6) is -0.776. The number of phenolic OH excluding ortho intramolecular Hbond substituents is 1. The molecule has 0 saturated carbocycles. The molecule has 0 aliphatic carbocycles. The van der Waals surface area contributed by atoms with E-state index in [0.29, 0.717) is 0 Å². The molecule has 28 heavy (non-hydrogen) atoms. The van der Waals surface area contributed by atoms with E-state index in [4.69, 9.17) is 0 Å². The third kappa shape index (κ3) is 4.91. The topological polar surface area (TPSA) is 78.9 Å². The van der Waals surface area contributed by atoms with Crippen LogP contribution in [0, 0.1) is 0 Å². The molecule has 1 fully saturated rings. The van der Waals surface area contributed by atoms with Crippen LogP contribution in [0.5, 0.6) is 5.75 Å². The van der Waals surface area contributed by atoms with E-state index in [1.807, 2.05) is 12.1 Å². The van der Waals surface area contributed by atoms with Crippen molar-refractivity contribution in [1.29, 1.82) is 0 Å². The fraction of sp³-hybridized carbons (Fsp3) is 0.333. The number of nitrogens with zero attached hydrogens (tertiary/aromatic N) is 1. The highest BCUT2D eigenvalue weighted by molar-refractivity contribution is 9.10. The summed E-state index contributed by atoms with van der Waals surface area (Å²) < 4.78 is 5.64. The van der Waals surface area contributed by atoms with Gasteiger partial charge in [0.2, 0.25) is 5.91 Å². The number of methoxy groups -OCH3 is 1. The molecule has 0 bridgehead atoms. The van der Waals surface area contributed by atoms with Crippen molar-refractivity contribution in [2.75, 3.05) is 13.7 Å².